The predicted octanol–water partition coefficient (Wildman–Crippen LogP) is 4.65. The largest absolute Gasteiger partial charge is 0.352 e. The van der Waals surface area contributed by atoms with Crippen LogP contribution in [-0.4, -0.2) is 17.4 Å². The van der Waals surface area contributed by atoms with Crippen molar-refractivity contribution in [2.45, 2.75) is 34.1 Å². The molecule has 132 valence electrons. The van der Waals surface area contributed by atoms with E-state index < -0.39 is 11.8 Å². The van der Waals surface area contributed by atoms with Crippen LogP contribution in [0.2, 0.25) is 0 Å². The summed E-state index contributed by atoms with van der Waals surface area (Å²) >= 11 is 0. The van der Waals surface area contributed by atoms with Crippen LogP contribution in [0.3, 0.4) is 0 Å². The molecule has 25 heavy (non-hydrogen) atoms. The second-order valence-corrected chi connectivity index (χ2v) is 6.00. The van der Waals surface area contributed by atoms with Gasteiger partial charge in [0.2, 0.25) is 11.9 Å². The van der Waals surface area contributed by atoms with E-state index >= 15 is 0 Å². The topological polar surface area (TPSA) is 42.0 Å². The van der Waals surface area contributed by atoms with Crippen molar-refractivity contribution in [2.75, 3.05) is 6.54 Å². The molecule has 5 heteroatoms. The lowest BCUT2D eigenvalue weighted by Crippen LogP contribution is -2.25. The average molecular weight is 344 g/mol. The lowest BCUT2D eigenvalue weighted by Gasteiger charge is -2.15. The number of benzene rings is 1. The SMILES string of the molecule is CCCNC(=O)/C(C)=C(\C)c1cc(F)cc(-c2ccnc(F)c2)c1C. The van der Waals surface area contributed by atoms with E-state index in [2.05, 4.69) is 10.3 Å². The third-order valence-corrected chi connectivity index (χ3v) is 4.25. The Morgan fingerprint density at radius 3 is 2.56 bits per heavy atom. The summed E-state index contributed by atoms with van der Waals surface area (Å²) in [6.45, 7) is 7.91. The minimum Gasteiger partial charge on any atom is -0.352 e. The van der Waals surface area contributed by atoms with E-state index in [0.717, 1.165) is 12.0 Å². The van der Waals surface area contributed by atoms with Crippen LogP contribution in [0.25, 0.3) is 16.7 Å². The van der Waals surface area contributed by atoms with Crippen LogP contribution in [0.15, 0.2) is 36.0 Å². The maximum atomic E-state index is 14.2. The number of nitrogens with one attached hydrogen (secondary N) is 1. The first-order valence-corrected chi connectivity index (χ1v) is 8.23. The number of nitrogens with zero attached hydrogens (tertiary/aromatic N) is 1. The van der Waals surface area contributed by atoms with Gasteiger partial charge in [0.1, 0.15) is 5.82 Å². The van der Waals surface area contributed by atoms with E-state index in [0.29, 0.717) is 34.4 Å². The number of hydrogen-bond donors (Lipinski definition) is 1. The van der Waals surface area contributed by atoms with E-state index in [1.807, 2.05) is 13.8 Å². The van der Waals surface area contributed by atoms with Gasteiger partial charge in [0, 0.05) is 24.4 Å². The Balaban J connectivity index is 2.54. The van der Waals surface area contributed by atoms with Crippen LogP contribution in [0.1, 0.15) is 38.3 Å². The van der Waals surface area contributed by atoms with E-state index in [-0.39, 0.29) is 5.91 Å². The first kappa shape index (κ1) is 18.8. The molecule has 0 fully saturated rings. The molecule has 1 aromatic heterocycles. The van der Waals surface area contributed by atoms with E-state index in [9.17, 15) is 13.6 Å². The van der Waals surface area contributed by atoms with Gasteiger partial charge < -0.3 is 5.32 Å². The highest BCUT2D eigenvalue weighted by Gasteiger charge is 2.15. The molecule has 0 aliphatic carbocycles. The summed E-state index contributed by atoms with van der Waals surface area (Å²) in [5, 5.41) is 2.82. The Morgan fingerprint density at radius 1 is 1.20 bits per heavy atom. The molecule has 3 nitrogen and oxygen atoms in total. The summed E-state index contributed by atoms with van der Waals surface area (Å²) in [5.41, 5.74) is 3.78. The van der Waals surface area contributed by atoms with Gasteiger partial charge in [-0.15, -0.1) is 0 Å². The van der Waals surface area contributed by atoms with Gasteiger partial charge in [0.15, 0.2) is 0 Å². The molecule has 1 heterocycles. The molecule has 0 aliphatic heterocycles. The molecule has 1 N–H and O–H groups in total. The van der Waals surface area contributed by atoms with Gasteiger partial charge in [0.05, 0.1) is 0 Å². The van der Waals surface area contributed by atoms with Gasteiger partial charge in [0.25, 0.3) is 0 Å². The molecule has 0 saturated heterocycles. The van der Waals surface area contributed by atoms with Gasteiger partial charge in [-0.25, -0.2) is 9.37 Å². The van der Waals surface area contributed by atoms with Gasteiger partial charge >= 0.3 is 0 Å². The number of carbonyl (C=O) groups is 1. The molecule has 2 aromatic rings. The van der Waals surface area contributed by atoms with Crippen molar-refractivity contribution in [3.05, 3.63) is 58.9 Å². The van der Waals surface area contributed by atoms with E-state index in [1.165, 1.54) is 24.4 Å². The second kappa shape index (κ2) is 8.01. The predicted molar refractivity (Wildman–Crippen MR) is 95.9 cm³/mol. The first-order chi connectivity index (χ1) is 11.8. The number of carbonyl (C=O) groups excluding carboxylic acids is 1. The van der Waals surface area contributed by atoms with Crippen LogP contribution >= 0.6 is 0 Å². The lowest BCUT2D eigenvalue weighted by atomic mass is 9.91. The number of halogens is 2. The van der Waals surface area contributed by atoms with Crippen LogP contribution < -0.4 is 5.32 Å². The van der Waals surface area contributed by atoms with Crippen LogP contribution in [0, 0.1) is 18.7 Å². The molecule has 0 aliphatic rings. The summed E-state index contributed by atoms with van der Waals surface area (Å²) in [7, 11) is 0. The van der Waals surface area contributed by atoms with Crippen LogP contribution in [0.5, 0.6) is 0 Å². The normalized spacial score (nSPS) is 11.9. The number of allylic oxidation sites excluding steroid dienone is 1. The maximum Gasteiger partial charge on any atom is 0.247 e. The molecule has 0 radical (unpaired) electrons. The van der Waals surface area contributed by atoms with Gasteiger partial charge in [-0.1, -0.05) is 6.92 Å². The zero-order chi connectivity index (χ0) is 18.6. The fourth-order valence-corrected chi connectivity index (χ4v) is 2.68. The van der Waals surface area contributed by atoms with Crippen LogP contribution in [-0.2, 0) is 4.79 Å². The number of aromatic nitrogens is 1. The van der Waals surface area contributed by atoms with E-state index in [4.69, 9.17) is 0 Å². The fraction of sp³-hybridized carbons (Fsp3) is 0.300. The quantitative estimate of drug-likeness (QED) is 0.633. The molecule has 1 amide bonds. The Bertz CT molecular complexity index is 828. The zero-order valence-electron chi connectivity index (χ0n) is 14.9. The van der Waals surface area contributed by atoms with Crippen molar-refractivity contribution in [1.29, 1.82) is 0 Å². The molecule has 1 aromatic carbocycles. The third kappa shape index (κ3) is 4.29. The Kier molecular flexibility index (Phi) is 6.02. The zero-order valence-corrected chi connectivity index (χ0v) is 14.9. The Morgan fingerprint density at radius 2 is 1.92 bits per heavy atom. The minimum atomic E-state index is -0.620. The highest BCUT2D eigenvalue weighted by atomic mass is 19.1. The summed E-state index contributed by atoms with van der Waals surface area (Å²) in [6.07, 6.45) is 2.19. The number of amides is 1. The molecule has 2 rings (SSSR count). The van der Waals surface area contributed by atoms with Crippen molar-refractivity contribution >= 4 is 11.5 Å². The average Bonchev–Trinajstić information content (AvgIpc) is 2.60. The fourth-order valence-electron chi connectivity index (χ4n) is 2.68. The monoisotopic (exact) mass is 344 g/mol. The molecule has 0 bridgehead atoms. The molecular formula is C20H22F2N2O. The van der Waals surface area contributed by atoms with Crippen molar-refractivity contribution in [3.63, 3.8) is 0 Å². The number of hydrogen-bond acceptors (Lipinski definition) is 2. The summed E-state index contributed by atoms with van der Waals surface area (Å²) < 4.78 is 27.6. The minimum absolute atomic E-state index is 0.167. The summed E-state index contributed by atoms with van der Waals surface area (Å²) in [5.74, 6) is -1.22. The van der Waals surface area contributed by atoms with Gasteiger partial charge in [-0.3, -0.25) is 4.79 Å². The third-order valence-electron chi connectivity index (χ3n) is 4.25. The van der Waals surface area contributed by atoms with Crippen molar-refractivity contribution in [3.8, 4) is 11.1 Å². The van der Waals surface area contributed by atoms with Crippen molar-refractivity contribution in [1.82, 2.24) is 10.3 Å². The molecule has 0 atom stereocenters. The summed E-state index contributed by atoms with van der Waals surface area (Å²) in [4.78, 5) is 15.7. The standard InChI is InChI=1S/C20H22F2N2O/c1-5-7-24-20(25)13(3)12(2)17-10-16(21)11-18(14(17)4)15-6-8-23-19(22)9-15/h6,8-11H,5,7H2,1-4H3,(H,24,25)/b13-12+. The van der Waals surface area contributed by atoms with Crippen LogP contribution in [0.4, 0.5) is 8.78 Å². The highest BCUT2D eigenvalue weighted by molar-refractivity contribution is 6.00. The number of rotatable bonds is 5. The maximum absolute atomic E-state index is 14.2. The Hall–Kier alpha value is -2.56. The molecule has 0 saturated carbocycles. The Labute approximate surface area is 146 Å². The van der Waals surface area contributed by atoms with E-state index in [1.54, 1.807) is 19.9 Å². The highest BCUT2D eigenvalue weighted by Crippen LogP contribution is 2.31. The smallest absolute Gasteiger partial charge is 0.247 e. The van der Waals surface area contributed by atoms with Crippen molar-refractivity contribution in [2.24, 2.45) is 0 Å². The molecule has 0 spiro atoms. The number of pyridine rings is 1. The second-order valence-electron chi connectivity index (χ2n) is 6.00. The van der Waals surface area contributed by atoms with Crippen molar-refractivity contribution < 1.29 is 13.6 Å². The van der Waals surface area contributed by atoms with Gasteiger partial charge in [-0.05, 0) is 73.2 Å². The van der Waals surface area contributed by atoms with Gasteiger partial charge in [-0.2, -0.15) is 4.39 Å². The molecular weight excluding hydrogens is 322 g/mol. The lowest BCUT2D eigenvalue weighted by molar-refractivity contribution is -0.117. The molecule has 0 unspecified atom stereocenters. The first-order valence-electron chi connectivity index (χ1n) is 8.23. The summed E-state index contributed by atoms with van der Waals surface area (Å²) in [6, 6.07) is 5.68.